The van der Waals surface area contributed by atoms with Crippen molar-refractivity contribution in [3.8, 4) is 0 Å². The number of carbonyl (C=O) groups excluding carboxylic acids is 2. The minimum absolute atomic E-state index is 0.0496. The molecule has 1 spiro atoms. The third kappa shape index (κ3) is 3.70. The number of aryl methyl sites for hydroxylation is 2. The van der Waals surface area contributed by atoms with Crippen LogP contribution in [-0.4, -0.2) is 34.4 Å². The van der Waals surface area contributed by atoms with Crippen molar-refractivity contribution < 1.29 is 18.7 Å². The van der Waals surface area contributed by atoms with Gasteiger partial charge in [-0.1, -0.05) is 23.7 Å². The average Bonchev–Trinajstić information content (AvgIpc) is 3.38. The third-order valence-electron chi connectivity index (χ3n) is 7.26. The summed E-state index contributed by atoms with van der Waals surface area (Å²) in [5, 5.41) is 4.45. The van der Waals surface area contributed by atoms with Crippen LogP contribution >= 0.6 is 11.6 Å². The third-order valence-corrected chi connectivity index (χ3v) is 7.49. The fraction of sp³-hybridized carbons (Fsp3) is 0.250. The molecule has 6 nitrogen and oxygen atoms in total. The van der Waals surface area contributed by atoms with E-state index in [-0.39, 0.29) is 11.1 Å². The molecule has 0 saturated carbocycles. The summed E-state index contributed by atoms with van der Waals surface area (Å²) < 4.78 is 23.0. The number of carbonyl (C=O) groups is 2. The van der Waals surface area contributed by atoms with E-state index in [9.17, 15) is 9.59 Å². The van der Waals surface area contributed by atoms with Crippen LogP contribution in [0.25, 0.3) is 10.9 Å². The van der Waals surface area contributed by atoms with E-state index < -0.39 is 23.2 Å². The minimum atomic E-state index is -0.813. The zero-order valence-corrected chi connectivity index (χ0v) is 20.1. The number of piperidine rings is 1. The molecule has 1 saturated heterocycles. The second-order valence-electron chi connectivity index (χ2n) is 9.31. The van der Waals surface area contributed by atoms with E-state index >= 15 is 4.39 Å². The molecule has 1 N–H and O–H groups in total. The van der Waals surface area contributed by atoms with Gasteiger partial charge in [-0.05, 0) is 55.4 Å². The van der Waals surface area contributed by atoms with Gasteiger partial charge >= 0.3 is 5.97 Å². The van der Waals surface area contributed by atoms with Crippen LogP contribution in [0.5, 0.6) is 0 Å². The van der Waals surface area contributed by atoms with Crippen molar-refractivity contribution in [3.05, 3.63) is 99.7 Å². The van der Waals surface area contributed by atoms with Crippen molar-refractivity contribution in [1.82, 2.24) is 14.9 Å². The Bertz CT molecular complexity index is 1510. The van der Waals surface area contributed by atoms with E-state index in [0.717, 1.165) is 11.1 Å². The van der Waals surface area contributed by atoms with Crippen LogP contribution < -0.4 is 5.32 Å². The summed E-state index contributed by atoms with van der Waals surface area (Å²) in [6, 6.07) is 12.0. The molecule has 6 rings (SSSR count). The van der Waals surface area contributed by atoms with Gasteiger partial charge in [0.05, 0.1) is 16.6 Å². The molecule has 0 atom stereocenters. The summed E-state index contributed by atoms with van der Waals surface area (Å²) in [6.07, 6.45) is 7.08. The molecular formula is C28H23ClFN3O3. The van der Waals surface area contributed by atoms with Gasteiger partial charge in [0, 0.05) is 59.5 Å². The van der Waals surface area contributed by atoms with E-state index in [1.165, 1.54) is 6.07 Å². The molecule has 4 heterocycles. The van der Waals surface area contributed by atoms with Gasteiger partial charge in [-0.25, -0.2) is 9.18 Å². The summed E-state index contributed by atoms with van der Waals surface area (Å²) >= 11 is 6.28. The lowest BCUT2D eigenvalue weighted by molar-refractivity contribution is -0.0242. The predicted octanol–water partition coefficient (Wildman–Crippen LogP) is 5.05. The Balaban J connectivity index is 1.45. The van der Waals surface area contributed by atoms with E-state index in [0.29, 0.717) is 60.4 Å². The molecule has 0 aliphatic carbocycles. The number of esters is 1. The highest BCUT2D eigenvalue weighted by molar-refractivity contribution is 6.31. The molecule has 1 fully saturated rings. The van der Waals surface area contributed by atoms with E-state index in [2.05, 4.69) is 10.3 Å². The highest BCUT2D eigenvalue weighted by Gasteiger charge is 2.48. The molecule has 0 bridgehead atoms. The number of fused-ring (bicyclic) bond motifs is 3. The van der Waals surface area contributed by atoms with Gasteiger partial charge < -0.3 is 14.6 Å². The molecule has 8 heteroatoms. The topological polar surface area (TPSA) is 73.2 Å². The van der Waals surface area contributed by atoms with Crippen LogP contribution in [0.3, 0.4) is 0 Å². The number of nitrogens with one attached hydrogen (secondary N) is 1. The summed E-state index contributed by atoms with van der Waals surface area (Å²) in [4.78, 5) is 31.0. The lowest BCUT2D eigenvalue weighted by atomic mass is 9.82. The summed E-state index contributed by atoms with van der Waals surface area (Å²) in [6.45, 7) is 1.94. The lowest BCUT2D eigenvalue weighted by Crippen LogP contribution is -2.40. The SMILES string of the molecule is O=C1OC2(CCNCC2)c2ccc(F)c(C(=O)c3cn(CCc4ccncc4)c4cc(Cl)ccc34)c21. The fourth-order valence-corrected chi connectivity index (χ4v) is 5.61. The van der Waals surface area contributed by atoms with Gasteiger partial charge in [0.25, 0.3) is 0 Å². The fourth-order valence-electron chi connectivity index (χ4n) is 5.44. The van der Waals surface area contributed by atoms with Crippen molar-refractivity contribution in [2.45, 2.75) is 31.4 Å². The van der Waals surface area contributed by atoms with Gasteiger partial charge in [0.15, 0.2) is 5.78 Å². The van der Waals surface area contributed by atoms with Crippen LogP contribution in [-0.2, 0) is 23.3 Å². The molecule has 2 aliphatic rings. The molecule has 2 aromatic carbocycles. The first-order valence-electron chi connectivity index (χ1n) is 12.0. The number of halogens is 2. The average molecular weight is 504 g/mol. The molecule has 0 radical (unpaired) electrons. The van der Waals surface area contributed by atoms with Crippen LogP contribution in [0, 0.1) is 5.82 Å². The Hall–Kier alpha value is -3.55. The largest absolute Gasteiger partial charge is 0.450 e. The maximum absolute atomic E-state index is 15.3. The molecule has 2 aliphatic heterocycles. The van der Waals surface area contributed by atoms with Gasteiger partial charge in [0.1, 0.15) is 11.4 Å². The quantitative estimate of drug-likeness (QED) is 0.305. The summed E-state index contributed by atoms with van der Waals surface area (Å²) in [5.74, 6) is -1.91. The highest BCUT2D eigenvalue weighted by Crippen LogP contribution is 2.45. The maximum atomic E-state index is 15.3. The van der Waals surface area contributed by atoms with Gasteiger partial charge in [-0.3, -0.25) is 9.78 Å². The van der Waals surface area contributed by atoms with Crippen molar-refractivity contribution in [3.63, 3.8) is 0 Å². The second kappa shape index (κ2) is 8.84. The number of ether oxygens (including phenoxy) is 1. The molecular weight excluding hydrogens is 481 g/mol. The van der Waals surface area contributed by atoms with E-state index in [1.807, 2.05) is 16.7 Å². The molecule has 0 amide bonds. The first-order chi connectivity index (χ1) is 17.5. The monoisotopic (exact) mass is 503 g/mol. The maximum Gasteiger partial charge on any atom is 0.340 e. The number of ketones is 1. The van der Waals surface area contributed by atoms with Crippen LogP contribution in [0.4, 0.5) is 4.39 Å². The Morgan fingerprint density at radius 1 is 1.14 bits per heavy atom. The van der Waals surface area contributed by atoms with Crippen molar-refractivity contribution in [2.75, 3.05) is 13.1 Å². The van der Waals surface area contributed by atoms with Gasteiger partial charge in [-0.2, -0.15) is 0 Å². The van der Waals surface area contributed by atoms with Crippen LogP contribution in [0.1, 0.15) is 50.2 Å². The Morgan fingerprint density at radius 2 is 1.92 bits per heavy atom. The number of hydrogen-bond donors (Lipinski definition) is 1. The Morgan fingerprint density at radius 3 is 2.69 bits per heavy atom. The summed E-state index contributed by atoms with van der Waals surface area (Å²) in [7, 11) is 0. The number of aromatic nitrogens is 2. The number of rotatable bonds is 5. The zero-order chi connectivity index (χ0) is 24.9. The first kappa shape index (κ1) is 22.9. The number of nitrogens with zero attached hydrogens (tertiary/aromatic N) is 2. The highest BCUT2D eigenvalue weighted by atomic mass is 35.5. The smallest absolute Gasteiger partial charge is 0.340 e. The predicted molar refractivity (Wildman–Crippen MR) is 134 cm³/mol. The van der Waals surface area contributed by atoms with E-state index in [4.69, 9.17) is 16.3 Å². The van der Waals surface area contributed by atoms with Crippen LogP contribution in [0.15, 0.2) is 61.1 Å². The molecule has 36 heavy (non-hydrogen) atoms. The number of benzene rings is 2. The Labute approximate surface area is 212 Å². The molecule has 0 unspecified atom stereocenters. The normalized spacial score (nSPS) is 16.3. The first-order valence-corrected chi connectivity index (χ1v) is 12.3. The second-order valence-corrected chi connectivity index (χ2v) is 9.75. The van der Waals surface area contributed by atoms with Gasteiger partial charge in [0.2, 0.25) is 0 Å². The van der Waals surface area contributed by atoms with Crippen molar-refractivity contribution in [2.24, 2.45) is 0 Å². The standard InChI is InChI=1S/C28H23ClFN3O3/c29-18-1-2-19-20(16-33(23(19)15-18)14-7-17-5-10-31-11-6-17)26(34)25-22(30)4-3-21-24(25)27(35)36-28(21)8-12-32-13-9-28/h1-6,10-11,15-16,32H,7-9,12-14H2. The number of hydrogen-bond acceptors (Lipinski definition) is 5. The summed E-state index contributed by atoms with van der Waals surface area (Å²) in [5.41, 5.74) is 1.80. The lowest BCUT2D eigenvalue weighted by Gasteiger charge is -2.33. The van der Waals surface area contributed by atoms with Crippen LogP contribution in [0.2, 0.25) is 5.02 Å². The number of pyridine rings is 1. The van der Waals surface area contributed by atoms with E-state index in [1.54, 1.807) is 42.9 Å². The van der Waals surface area contributed by atoms with Gasteiger partial charge in [-0.15, -0.1) is 0 Å². The minimum Gasteiger partial charge on any atom is -0.450 e. The van der Waals surface area contributed by atoms with Crippen molar-refractivity contribution in [1.29, 1.82) is 0 Å². The Kier molecular flexibility index (Phi) is 5.62. The molecule has 182 valence electrons. The molecule has 4 aromatic rings. The van der Waals surface area contributed by atoms with Crippen molar-refractivity contribution >= 4 is 34.3 Å². The zero-order valence-electron chi connectivity index (χ0n) is 19.4. The molecule has 2 aromatic heterocycles.